The van der Waals surface area contributed by atoms with Crippen molar-refractivity contribution < 1.29 is 0 Å². The predicted octanol–water partition coefficient (Wildman–Crippen LogP) is 3.19. The van der Waals surface area contributed by atoms with Gasteiger partial charge in [-0.3, -0.25) is 0 Å². The van der Waals surface area contributed by atoms with E-state index in [9.17, 15) is 0 Å². The van der Waals surface area contributed by atoms with Gasteiger partial charge in [0.25, 0.3) is 0 Å². The molecule has 0 aliphatic rings. The number of halogens is 1. The molecule has 1 aromatic carbocycles. The third-order valence-electron chi connectivity index (χ3n) is 2.23. The van der Waals surface area contributed by atoms with Crippen LogP contribution in [-0.2, 0) is 6.42 Å². The average molecular weight is 228 g/mol. The van der Waals surface area contributed by atoms with Crippen LogP contribution in [0.25, 0.3) is 0 Å². The Kier molecular flexibility index (Phi) is 3.51. The molecular formula is C11H14ClNS. The van der Waals surface area contributed by atoms with E-state index in [4.69, 9.17) is 29.6 Å². The van der Waals surface area contributed by atoms with Crippen LogP contribution in [0.1, 0.15) is 19.4 Å². The first-order valence-electron chi connectivity index (χ1n) is 4.46. The van der Waals surface area contributed by atoms with Crippen LogP contribution in [0.5, 0.6) is 0 Å². The van der Waals surface area contributed by atoms with Gasteiger partial charge >= 0.3 is 0 Å². The Morgan fingerprint density at radius 1 is 1.36 bits per heavy atom. The fraction of sp³-hybridized carbons (Fsp3) is 0.364. The second kappa shape index (κ2) is 4.28. The van der Waals surface area contributed by atoms with Crippen molar-refractivity contribution in [2.45, 2.75) is 20.3 Å². The molecule has 0 atom stereocenters. The normalized spacial score (nSPS) is 11.4. The van der Waals surface area contributed by atoms with Crippen molar-refractivity contribution in [3.63, 3.8) is 0 Å². The van der Waals surface area contributed by atoms with Crippen LogP contribution in [0.3, 0.4) is 0 Å². The molecule has 3 heteroatoms. The van der Waals surface area contributed by atoms with Gasteiger partial charge in [0.15, 0.2) is 0 Å². The molecule has 0 unspecified atom stereocenters. The van der Waals surface area contributed by atoms with Gasteiger partial charge in [0.05, 0.1) is 4.99 Å². The Morgan fingerprint density at radius 3 is 2.29 bits per heavy atom. The molecule has 0 fully saturated rings. The molecular weight excluding hydrogens is 214 g/mol. The quantitative estimate of drug-likeness (QED) is 0.803. The molecule has 0 heterocycles. The fourth-order valence-electron chi connectivity index (χ4n) is 1.20. The largest absolute Gasteiger partial charge is 0.393 e. The van der Waals surface area contributed by atoms with Crippen molar-refractivity contribution in [3.8, 4) is 0 Å². The Labute approximate surface area is 95.3 Å². The highest BCUT2D eigenvalue weighted by Crippen LogP contribution is 2.23. The van der Waals surface area contributed by atoms with E-state index in [-0.39, 0.29) is 5.41 Å². The van der Waals surface area contributed by atoms with Crippen molar-refractivity contribution >= 4 is 28.8 Å². The summed E-state index contributed by atoms with van der Waals surface area (Å²) in [5.41, 5.74) is 6.72. The van der Waals surface area contributed by atoms with E-state index in [0.717, 1.165) is 11.4 Å². The predicted molar refractivity (Wildman–Crippen MR) is 65.7 cm³/mol. The van der Waals surface area contributed by atoms with Gasteiger partial charge in [0.1, 0.15) is 0 Å². The number of benzene rings is 1. The minimum Gasteiger partial charge on any atom is -0.393 e. The molecule has 0 aromatic heterocycles. The molecule has 0 saturated carbocycles. The summed E-state index contributed by atoms with van der Waals surface area (Å²) >= 11 is 10.8. The molecule has 0 radical (unpaired) electrons. The van der Waals surface area contributed by atoms with Crippen LogP contribution in [0.15, 0.2) is 24.3 Å². The van der Waals surface area contributed by atoms with Gasteiger partial charge in [-0.25, -0.2) is 0 Å². The Bertz CT molecular complexity index is 330. The standard InChI is InChI=1S/C11H14ClNS/c1-11(2,10(13)14)7-8-3-5-9(12)6-4-8/h3-6H,7H2,1-2H3,(H2,13,14). The fourth-order valence-corrected chi connectivity index (χ4v) is 1.40. The van der Waals surface area contributed by atoms with Gasteiger partial charge in [-0.15, -0.1) is 0 Å². The molecule has 0 saturated heterocycles. The van der Waals surface area contributed by atoms with Crippen LogP contribution >= 0.6 is 23.8 Å². The zero-order valence-electron chi connectivity index (χ0n) is 8.38. The average Bonchev–Trinajstić information content (AvgIpc) is 2.08. The summed E-state index contributed by atoms with van der Waals surface area (Å²) < 4.78 is 0. The summed E-state index contributed by atoms with van der Waals surface area (Å²) in [6, 6.07) is 7.77. The summed E-state index contributed by atoms with van der Waals surface area (Å²) in [4.78, 5) is 0.549. The molecule has 14 heavy (non-hydrogen) atoms. The smallest absolute Gasteiger partial charge is 0.0787 e. The second-order valence-electron chi connectivity index (χ2n) is 4.05. The van der Waals surface area contributed by atoms with E-state index in [0.29, 0.717) is 4.99 Å². The third kappa shape index (κ3) is 2.96. The molecule has 0 spiro atoms. The molecule has 0 aliphatic carbocycles. The van der Waals surface area contributed by atoms with Crippen LogP contribution in [0, 0.1) is 5.41 Å². The number of thiocarbonyl (C=S) groups is 1. The maximum Gasteiger partial charge on any atom is 0.0787 e. The van der Waals surface area contributed by atoms with Gasteiger partial charge < -0.3 is 5.73 Å². The lowest BCUT2D eigenvalue weighted by Crippen LogP contribution is -2.31. The van der Waals surface area contributed by atoms with Crippen LogP contribution < -0.4 is 5.73 Å². The van der Waals surface area contributed by atoms with E-state index in [1.165, 1.54) is 5.56 Å². The van der Waals surface area contributed by atoms with Crippen LogP contribution in [-0.4, -0.2) is 4.99 Å². The molecule has 2 N–H and O–H groups in total. The van der Waals surface area contributed by atoms with Crippen molar-refractivity contribution in [2.24, 2.45) is 11.1 Å². The van der Waals surface area contributed by atoms with Gasteiger partial charge in [-0.1, -0.05) is 49.8 Å². The number of hydrogen-bond donors (Lipinski definition) is 1. The second-order valence-corrected chi connectivity index (χ2v) is 4.93. The highest BCUT2D eigenvalue weighted by atomic mass is 35.5. The van der Waals surface area contributed by atoms with Gasteiger partial charge in [0.2, 0.25) is 0 Å². The highest BCUT2D eigenvalue weighted by molar-refractivity contribution is 7.80. The van der Waals surface area contributed by atoms with Crippen LogP contribution in [0.4, 0.5) is 0 Å². The maximum atomic E-state index is 5.79. The minimum atomic E-state index is -0.136. The zero-order valence-corrected chi connectivity index (χ0v) is 9.95. The molecule has 0 bridgehead atoms. The molecule has 0 aliphatic heterocycles. The van der Waals surface area contributed by atoms with Crippen molar-refractivity contribution in [3.05, 3.63) is 34.9 Å². The van der Waals surface area contributed by atoms with E-state index in [1.54, 1.807) is 0 Å². The third-order valence-corrected chi connectivity index (χ3v) is 3.03. The summed E-state index contributed by atoms with van der Waals surface area (Å²) in [6.45, 7) is 4.09. The lowest BCUT2D eigenvalue weighted by molar-refractivity contribution is 0.523. The highest BCUT2D eigenvalue weighted by Gasteiger charge is 2.21. The van der Waals surface area contributed by atoms with Gasteiger partial charge in [-0.2, -0.15) is 0 Å². The number of hydrogen-bond acceptors (Lipinski definition) is 1. The summed E-state index contributed by atoms with van der Waals surface area (Å²) in [6.07, 6.45) is 0.847. The maximum absolute atomic E-state index is 5.79. The topological polar surface area (TPSA) is 26.0 Å². The molecule has 0 amide bonds. The van der Waals surface area contributed by atoms with Gasteiger partial charge in [-0.05, 0) is 24.1 Å². The number of nitrogens with two attached hydrogens (primary N) is 1. The van der Waals surface area contributed by atoms with E-state index < -0.39 is 0 Å². The van der Waals surface area contributed by atoms with E-state index in [1.807, 2.05) is 38.1 Å². The van der Waals surface area contributed by atoms with Crippen molar-refractivity contribution in [1.29, 1.82) is 0 Å². The molecule has 1 aromatic rings. The first-order valence-corrected chi connectivity index (χ1v) is 5.25. The number of rotatable bonds is 3. The van der Waals surface area contributed by atoms with E-state index >= 15 is 0 Å². The van der Waals surface area contributed by atoms with E-state index in [2.05, 4.69) is 0 Å². The molecule has 76 valence electrons. The Morgan fingerprint density at radius 2 is 1.86 bits per heavy atom. The van der Waals surface area contributed by atoms with Crippen molar-refractivity contribution in [1.82, 2.24) is 0 Å². The van der Waals surface area contributed by atoms with Gasteiger partial charge in [0, 0.05) is 10.4 Å². The zero-order chi connectivity index (χ0) is 10.8. The Balaban J connectivity index is 2.79. The van der Waals surface area contributed by atoms with Crippen molar-refractivity contribution in [2.75, 3.05) is 0 Å². The summed E-state index contributed by atoms with van der Waals surface area (Å²) in [5, 5.41) is 0.752. The Hall–Kier alpha value is -0.600. The lowest BCUT2D eigenvalue weighted by atomic mass is 9.86. The first kappa shape index (κ1) is 11.5. The summed E-state index contributed by atoms with van der Waals surface area (Å²) in [5.74, 6) is 0. The minimum absolute atomic E-state index is 0.136. The monoisotopic (exact) mass is 227 g/mol. The van der Waals surface area contributed by atoms with Crippen LogP contribution in [0.2, 0.25) is 5.02 Å². The lowest BCUT2D eigenvalue weighted by Gasteiger charge is -2.22. The first-order chi connectivity index (χ1) is 6.42. The SMILES string of the molecule is CC(C)(Cc1ccc(Cl)cc1)C(N)=S. The molecule has 1 rings (SSSR count). The molecule has 1 nitrogen and oxygen atoms in total. The summed E-state index contributed by atoms with van der Waals surface area (Å²) in [7, 11) is 0.